The molecule has 17 heavy (non-hydrogen) atoms. The fraction of sp³-hybridized carbons (Fsp3) is 0.538. The van der Waals surface area contributed by atoms with E-state index in [0.29, 0.717) is 4.47 Å². The Morgan fingerprint density at radius 1 is 1.24 bits per heavy atom. The van der Waals surface area contributed by atoms with Gasteiger partial charge in [-0.25, -0.2) is 8.78 Å². The molecule has 0 saturated heterocycles. The van der Waals surface area contributed by atoms with Gasteiger partial charge in [0.25, 0.3) is 0 Å². The van der Waals surface area contributed by atoms with Gasteiger partial charge in [0.15, 0.2) is 0 Å². The maximum Gasteiger partial charge on any atom is 0.145 e. The van der Waals surface area contributed by atoms with Gasteiger partial charge in [-0.05, 0) is 41.0 Å². The number of hydrogen-bond donors (Lipinski definition) is 1. The molecule has 0 aliphatic rings. The van der Waals surface area contributed by atoms with Gasteiger partial charge < -0.3 is 5.32 Å². The zero-order chi connectivity index (χ0) is 13.0. The molecule has 1 nitrogen and oxygen atoms in total. The van der Waals surface area contributed by atoms with E-state index >= 15 is 0 Å². The van der Waals surface area contributed by atoms with Crippen LogP contribution in [0.2, 0.25) is 0 Å². The van der Waals surface area contributed by atoms with E-state index in [2.05, 4.69) is 21.2 Å². The van der Waals surface area contributed by atoms with Crippen molar-refractivity contribution in [2.24, 2.45) is 5.92 Å². The number of hydrogen-bond acceptors (Lipinski definition) is 1. The first-order valence-corrected chi connectivity index (χ1v) is 6.66. The summed E-state index contributed by atoms with van der Waals surface area (Å²) in [5.41, 5.74) is 0.135. The predicted molar refractivity (Wildman–Crippen MR) is 69.9 cm³/mol. The number of rotatable bonds is 5. The first kappa shape index (κ1) is 14.6. The lowest BCUT2D eigenvalue weighted by Gasteiger charge is -2.26. The van der Waals surface area contributed by atoms with Crippen molar-refractivity contribution < 1.29 is 8.78 Å². The molecule has 0 radical (unpaired) electrons. The van der Waals surface area contributed by atoms with Gasteiger partial charge in [-0.15, -0.1) is 0 Å². The molecule has 1 aromatic rings. The van der Waals surface area contributed by atoms with E-state index < -0.39 is 11.6 Å². The fourth-order valence-corrected chi connectivity index (χ4v) is 2.55. The van der Waals surface area contributed by atoms with Gasteiger partial charge in [0.1, 0.15) is 11.6 Å². The summed E-state index contributed by atoms with van der Waals surface area (Å²) in [6.07, 6.45) is 1.76. The SMILES string of the molecule is CCC(CC)C(NC)c1c(F)ccc(Br)c1F. The third-order valence-electron chi connectivity index (χ3n) is 3.22. The van der Waals surface area contributed by atoms with Crippen LogP contribution in [0.15, 0.2) is 16.6 Å². The molecule has 0 spiro atoms. The standard InChI is InChI=1S/C13H18BrF2N/c1-4-8(5-2)13(17-3)11-10(15)7-6-9(14)12(11)16/h6-8,13,17H,4-5H2,1-3H3. The van der Waals surface area contributed by atoms with Crippen molar-refractivity contribution in [1.29, 1.82) is 0 Å². The molecule has 96 valence electrons. The summed E-state index contributed by atoms with van der Waals surface area (Å²) in [4.78, 5) is 0. The van der Waals surface area contributed by atoms with Crippen LogP contribution in [-0.4, -0.2) is 7.05 Å². The third-order valence-corrected chi connectivity index (χ3v) is 3.83. The second-order valence-electron chi connectivity index (χ2n) is 4.10. The van der Waals surface area contributed by atoms with E-state index in [1.807, 2.05) is 13.8 Å². The first-order valence-electron chi connectivity index (χ1n) is 5.87. The quantitative estimate of drug-likeness (QED) is 0.794. The van der Waals surface area contributed by atoms with Crippen molar-refractivity contribution in [3.8, 4) is 0 Å². The summed E-state index contributed by atoms with van der Waals surface area (Å²) < 4.78 is 28.1. The lowest BCUT2D eigenvalue weighted by atomic mass is 9.88. The molecule has 1 unspecified atom stereocenters. The van der Waals surface area contributed by atoms with Crippen LogP contribution in [0.4, 0.5) is 8.78 Å². The van der Waals surface area contributed by atoms with Crippen LogP contribution in [0.3, 0.4) is 0 Å². The van der Waals surface area contributed by atoms with Crippen LogP contribution in [0.5, 0.6) is 0 Å². The maximum atomic E-state index is 14.0. The minimum absolute atomic E-state index is 0.135. The first-order chi connectivity index (χ1) is 8.06. The van der Waals surface area contributed by atoms with Crippen molar-refractivity contribution in [3.05, 3.63) is 33.8 Å². The van der Waals surface area contributed by atoms with Crippen molar-refractivity contribution in [1.82, 2.24) is 5.32 Å². The molecule has 0 fully saturated rings. The highest BCUT2D eigenvalue weighted by Gasteiger charge is 2.26. The van der Waals surface area contributed by atoms with Crippen molar-refractivity contribution in [3.63, 3.8) is 0 Å². The summed E-state index contributed by atoms with van der Waals surface area (Å²) in [6.45, 7) is 4.07. The second-order valence-corrected chi connectivity index (χ2v) is 4.95. The van der Waals surface area contributed by atoms with Gasteiger partial charge in [0.2, 0.25) is 0 Å². The average molecular weight is 306 g/mol. The molecule has 0 aromatic heterocycles. The summed E-state index contributed by atoms with van der Waals surface area (Å²) >= 11 is 3.10. The molecule has 1 atom stereocenters. The van der Waals surface area contributed by atoms with Crippen molar-refractivity contribution >= 4 is 15.9 Å². The van der Waals surface area contributed by atoms with Gasteiger partial charge in [-0.1, -0.05) is 26.7 Å². The maximum absolute atomic E-state index is 14.0. The highest BCUT2D eigenvalue weighted by Crippen LogP contribution is 2.33. The predicted octanol–water partition coefficient (Wildman–Crippen LogP) is 4.42. The van der Waals surface area contributed by atoms with Gasteiger partial charge in [0, 0.05) is 11.6 Å². The molecule has 1 N–H and O–H groups in total. The normalized spacial score (nSPS) is 13.1. The lowest BCUT2D eigenvalue weighted by molar-refractivity contribution is 0.338. The minimum atomic E-state index is -0.503. The molecule has 1 aromatic carbocycles. The summed E-state index contributed by atoms with van der Waals surface area (Å²) in [5, 5.41) is 3.03. The third kappa shape index (κ3) is 3.05. The van der Waals surface area contributed by atoms with Gasteiger partial charge in [-0.3, -0.25) is 0 Å². The topological polar surface area (TPSA) is 12.0 Å². The van der Waals surface area contributed by atoms with E-state index in [1.54, 1.807) is 7.05 Å². The Morgan fingerprint density at radius 2 is 1.82 bits per heavy atom. The Balaban J connectivity index is 3.24. The highest BCUT2D eigenvalue weighted by atomic mass is 79.9. The van der Waals surface area contributed by atoms with Crippen LogP contribution in [-0.2, 0) is 0 Å². The monoisotopic (exact) mass is 305 g/mol. The van der Waals surface area contributed by atoms with E-state index in [-0.39, 0.29) is 17.5 Å². The average Bonchev–Trinajstić information content (AvgIpc) is 2.33. The van der Waals surface area contributed by atoms with Crippen molar-refractivity contribution in [2.75, 3.05) is 7.05 Å². The Hall–Kier alpha value is -0.480. The highest BCUT2D eigenvalue weighted by molar-refractivity contribution is 9.10. The molecule has 0 aliphatic heterocycles. The van der Waals surface area contributed by atoms with Gasteiger partial charge in [0.05, 0.1) is 4.47 Å². The Bertz CT molecular complexity index is 378. The Labute approximate surface area is 110 Å². The van der Waals surface area contributed by atoms with Crippen LogP contribution in [0.1, 0.15) is 38.3 Å². The summed E-state index contributed by atoms with van der Waals surface area (Å²) in [6, 6.07) is 2.41. The fourth-order valence-electron chi connectivity index (χ4n) is 2.20. The zero-order valence-electron chi connectivity index (χ0n) is 10.4. The summed E-state index contributed by atoms with van der Waals surface area (Å²) in [5.74, 6) is -0.772. The van der Waals surface area contributed by atoms with Crippen LogP contribution >= 0.6 is 15.9 Å². The Kier molecular flexibility index (Phi) is 5.53. The molecule has 0 bridgehead atoms. The molecular formula is C13H18BrF2N. The van der Waals surface area contributed by atoms with Crippen LogP contribution in [0.25, 0.3) is 0 Å². The molecule has 0 amide bonds. The number of nitrogens with one attached hydrogen (secondary N) is 1. The number of halogens is 3. The number of benzene rings is 1. The van der Waals surface area contributed by atoms with Crippen molar-refractivity contribution in [2.45, 2.75) is 32.7 Å². The van der Waals surface area contributed by atoms with E-state index in [9.17, 15) is 8.78 Å². The minimum Gasteiger partial charge on any atom is -0.313 e. The molecule has 1 rings (SSSR count). The lowest BCUT2D eigenvalue weighted by Crippen LogP contribution is -2.26. The summed E-state index contributed by atoms with van der Waals surface area (Å²) in [7, 11) is 1.74. The van der Waals surface area contributed by atoms with Crippen LogP contribution in [0, 0.1) is 17.6 Å². The van der Waals surface area contributed by atoms with E-state index in [1.165, 1.54) is 12.1 Å². The molecule has 0 saturated carbocycles. The zero-order valence-corrected chi connectivity index (χ0v) is 11.9. The second kappa shape index (κ2) is 6.45. The van der Waals surface area contributed by atoms with Crippen LogP contribution < -0.4 is 5.32 Å². The molecule has 0 aliphatic carbocycles. The molecule has 0 heterocycles. The smallest absolute Gasteiger partial charge is 0.145 e. The molecular weight excluding hydrogens is 288 g/mol. The van der Waals surface area contributed by atoms with E-state index in [0.717, 1.165) is 12.8 Å². The van der Waals surface area contributed by atoms with Gasteiger partial charge in [-0.2, -0.15) is 0 Å². The van der Waals surface area contributed by atoms with E-state index in [4.69, 9.17) is 0 Å². The Morgan fingerprint density at radius 3 is 2.29 bits per heavy atom. The van der Waals surface area contributed by atoms with Gasteiger partial charge >= 0.3 is 0 Å². The largest absolute Gasteiger partial charge is 0.313 e. The molecule has 4 heteroatoms.